The van der Waals surface area contributed by atoms with E-state index in [4.69, 9.17) is 16.3 Å². The number of nitrogens with one attached hydrogen (secondary N) is 1. The Hall–Kier alpha value is -2.53. The van der Waals surface area contributed by atoms with Crippen molar-refractivity contribution < 1.29 is 9.53 Å². The number of amides is 1. The Morgan fingerprint density at radius 2 is 2.17 bits per heavy atom. The second-order valence-electron chi connectivity index (χ2n) is 5.48. The molecule has 3 aromatic rings. The lowest BCUT2D eigenvalue weighted by Gasteiger charge is -2.10. The molecule has 0 bridgehead atoms. The van der Waals surface area contributed by atoms with Gasteiger partial charge in [-0.15, -0.1) is 0 Å². The first-order valence-corrected chi connectivity index (χ1v) is 7.72. The van der Waals surface area contributed by atoms with E-state index in [9.17, 15) is 4.79 Å². The van der Waals surface area contributed by atoms with Gasteiger partial charge in [-0.2, -0.15) is 0 Å². The van der Waals surface area contributed by atoms with Crippen LogP contribution in [0.4, 0.5) is 0 Å². The van der Waals surface area contributed by atoms with Crippen LogP contribution in [0.5, 0.6) is 5.75 Å². The highest BCUT2D eigenvalue weighted by Crippen LogP contribution is 2.28. The summed E-state index contributed by atoms with van der Waals surface area (Å²) in [6, 6.07) is 11.3. The number of imidazole rings is 1. The first-order chi connectivity index (χ1) is 11.2. The third-order valence-electron chi connectivity index (χ3n) is 3.85. The maximum atomic E-state index is 12.3. The minimum absolute atomic E-state index is 0.128. The number of nitrogens with zero attached hydrogens (tertiary/aromatic N) is 2. The molecule has 1 aliphatic heterocycles. The van der Waals surface area contributed by atoms with Gasteiger partial charge in [0.2, 0.25) is 0 Å². The van der Waals surface area contributed by atoms with Gasteiger partial charge in [0.1, 0.15) is 11.4 Å². The predicted molar refractivity (Wildman–Crippen MR) is 86.6 cm³/mol. The van der Waals surface area contributed by atoms with E-state index in [1.165, 1.54) is 0 Å². The topological polar surface area (TPSA) is 55.6 Å². The van der Waals surface area contributed by atoms with Crippen LogP contribution in [0.15, 0.2) is 48.8 Å². The van der Waals surface area contributed by atoms with Crippen molar-refractivity contribution >= 4 is 23.2 Å². The SMILES string of the molecule is O=C(NCc1cn2cc(Cl)ccc2n1)C1Cc2ccccc2O1. The number of benzene rings is 1. The van der Waals surface area contributed by atoms with Crippen LogP contribution in [0.2, 0.25) is 5.02 Å². The molecule has 23 heavy (non-hydrogen) atoms. The third kappa shape index (κ3) is 2.75. The second-order valence-corrected chi connectivity index (χ2v) is 5.92. The van der Waals surface area contributed by atoms with Gasteiger partial charge < -0.3 is 14.5 Å². The molecule has 2 aromatic heterocycles. The highest BCUT2D eigenvalue weighted by Gasteiger charge is 2.28. The van der Waals surface area contributed by atoms with Crippen LogP contribution in [-0.2, 0) is 17.8 Å². The Bertz CT molecular complexity index is 865. The molecule has 3 heterocycles. The summed E-state index contributed by atoms with van der Waals surface area (Å²) in [6.07, 6.45) is 3.76. The predicted octanol–water partition coefficient (Wildman–Crippen LogP) is 2.61. The maximum Gasteiger partial charge on any atom is 0.261 e. The van der Waals surface area contributed by atoms with Crippen molar-refractivity contribution in [1.29, 1.82) is 0 Å². The summed E-state index contributed by atoms with van der Waals surface area (Å²) in [5.41, 5.74) is 2.63. The molecule has 0 saturated heterocycles. The van der Waals surface area contributed by atoms with Gasteiger partial charge in [-0.05, 0) is 23.8 Å². The zero-order valence-electron chi connectivity index (χ0n) is 12.2. The Morgan fingerprint density at radius 3 is 3.04 bits per heavy atom. The minimum atomic E-state index is -0.473. The van der Waals surface area contributed by atoms with Crippen LogP contribution >= 0.6 is 11.6 Å². The van der Waals surface area contributed by atoms with Crippen LogP contribution in [0.25, 0.3) is 5.65 Å². The molecule has 0 saturated carbocycles. The average Bonchev–Trinajstić information content (AvgIpc) is 3.15. The molecular weight excluding hydrogens is 314 g/mol. The number of ether oxygens (including phenoxy) is 1. The normalized spacial score (nSPS) is 16.1. The zero-order chi connectivity index (χ0) is 15.8. The van der Waals surface area contributed by atoms with Crippen molar-refractivity contribution in [3.63, 3.8) is 0 Å². The fourth-order valence-electron chi connectivity index (χ4n) is 2.72. The number of carbonyl (C=O) groups excluding carboxylic acids is 1. The van der Waals surface area contributed by atoms with Crippen LogP contribution in [0.3, 0.4) is 0 Å². The zero-order valence-corrected chi connectivity index (χ0v) is 13.0. The number of pyridine rings is 1. The van der Waals surface area contributed by atoms with Gasteiger partial charge in [-0.3, -0.25) is 4.79 Å². The summed E-state index contributed by atoms with van der Waals surface area (Å²) in [6.45, 7) is 0.355. The highest BCUT2D eigenvalue weighted by atomic mass is 35.5. The summed E-state index contributed by atoms with van der Waals surface area (Å²) in [5, 5.41) is 3.52. The van der Waals surface area contributed by atoms with Crippen LogP contribution < -0.4 is 10.1 Å². The summed E-state index contributed by atoms with van der Waals surface area (Å²) >= 11 is 5.95. The number of rotatable bonds is 3. The molecule has 1 N–H and O–H groups in total. The minimum Gasteiger partial charge on any atom is -0.480 e. The third-order valence-corrected chi connectivity index (χ3v) is 4.07. The quantitative estimate of drug-likeness (QED) is 0.804. The number of carbonyl (C=O) groups is 1. The van der Waals surface area contributed by atoms with Crippen molar-refractivity contribution in [3.8, 4) is 5.75 Å². The van der Waals surface area contributed by atoms with E-state index in [2.05, 4.69) is 10.3 Å². The number of para-hydroxylation sites is 1. The molecule has 1 aromatic carbocycles. The summed E-state index contributed by atoms with van der Waals surface area (Å²) in [4.78, 5) is 16.7. The number of hydrogen-bond acceptors (Lipinski definition) is 3. The van der Waals surface area contributed by atoms with Crippen molar-refractivity contribution in [2.24, 2.45) is 0 Å². The first kappa shape index (κ1) is 14.1. The van der Waals surface area contributed by atoms with Crippen molar-refractivity contribution in [2.75, 3.05) is 0 Å². The van der Waals surface area contributed by atoms with Gasteiger partial charge in [0.15, 0.2) is 6.10 Å². The number of halogens is 1. The first-order valence-electron chi connectivity index (χ1n) is 7.34. The van der Waals surface area contributed by atoms with E-state index in [0.717, 1.165) is 22.7 Å². The lowest BCUT2D eigenvalue weighted by Crippen LogP contribution is -2.37. The molecule has 6 heteroatoms. The fraction of sp³-hybridized carbons (Fsp3) is 0.176. The number of aromatic nitrogens is 2. The van der Waals surface area contributed by atoms with E-state index in [-0.39, 0.29) is 5.91 Å². The van der Waals surface area contributed by atoms with E-state index in [1.54, 1.807) is 12.3 Å². The van der Waals surface area contributed by atoms with Gasteiger partial charge in [0, 0.05) is 18.8 Å². The highest BCUT2D eigenvalue weighted by molar-refractivity contribution is 6.30. The van der Waals surface area contributed by atoms with Crippen LogP contribution in [-0.4, -0.2) is 21.4 Å². The van der Waals surface area contributed by atoms with Gasteiger partial charge in [-0.25, -0.2) is 4.98 Å². The van der Waals surface area contributed by atoms with Crippen LogP contribution in [0.1, 0.15) is 11.3 Å². The van der Waals surface area contributed by atoms with E-state index >= 15 is 0 Å². The average molecular weight is 328 g/mol. The standard InChI is InChI=1S/C17H14ClN3O2/c18-12-5-6-16-20-13(10-21(16)9-12)8-19-17(22)15-7-11-3-1-2-4-14(11)23-15/h1-6,9-10,15H,7-8H2,(H,19,22). The molecule has 5 nitrogen and oxygen atoms in total. The van der Waals surface area contributed by atoms with Gasteiger partial charge in [0.05, 0.1) is 17.3 Å². The van der Waals surface area contributed by atoms with Crippen molar-refractivity contribution in [1.82, 2.24) is 14.7 Å². The molecule has 0 spiro atoms. The smallest absolute Gasteiger partial charge is 0.261 e. The fourth-order valence-corrected chi connectivity index (χ4v) is 2.89. The van der Waals surface area contributed by atoms with Gasteiger partial charge >= 0.3 is 0 Å². The van der Waals surface area contributed by atoms with Crippen molar-refractivity contribution in [3.05, 3.63) is 65.1 Å². The lowest BCUT2D eigenvalue weighted by atomic mass is 10.1. The Kier molecular flexibility index (Phi) is 3.42. The molecule has 1 aliphatic rings. The molecular formula is C17H14ClN3O2. The Balaban J connectivity index is 1.41. The molecule has 1 amide bonds. The lowest BCUT2D eigenvalue weighted by molar-refractivity contribution is -0.127. The van der Waals surface area contributed by atoms with E-state index in [1.807, 2.05) is 40.9 Å². The molecule has 1 atom stereocenters. The number of hydrogen-bond donors (Lipinski definition) is 1. The van der Waals surface area contributed by atoms with Crippen molar-refractivity contribution in [2.45, 2.75) is 19.1 Å². The molecule has 116 valence electrons. The number of fused-ring (bicyclic) bond motifs is 2. The summed E-state index contributed by atoms with van der Waals surface area (Å²) < 4.78 is 7.52. The second kappa shape index (κ2) is 5.59. The van der Waals surface area contributed by atoms with E-state index in [0.29, 0.717) is 18.0 Å². The summed E-state index contributed by atoms with van der Waals surface area (Å²) in [7, 11) is 0. The Morgan fingerprint density at radius 1 is 1.30 bits per heavy atom. The molecule has 1 unspecified atom stereocenters. The molecule has 4 rings (SSSR count). The summed E-state index contributed by atoms with van der Waals surface area (Å²) in [5.74, 6) is 0.659. The van der Waals surface area contributed by atoms with Crippen LogP contribution in [0, 0.1) is 0 Å². The van der Waals surface area contributed by atoms with Gasteiger partial charge in [-0.1, -0.05) is 29.8 Å². The monoisotopic (exact) mass is 327 g/mol. The Labute approximate surface area is 137 Å². The maximum absolute atomic E-state index is 12.3. The van der Waals surface area contributed by atoms with E-state index < -0.39 is 6.10 Å². The molecule has 0 fully saturated rings. The molecule has 0 radical (unpaired) electrons. The van der Waals surface area contributed by atoms with Gasteiger partial charge in [0.25, 0.3) is 5.91 Å². The molecule has 0 aliphatic carbocycles. The largest absolute Gasteiger partial charge is 0.480 e.